The Bertz CT molecular complexity index is 4310. The van der Waals surface area contributed by atoms with E-state index in [1.54, 1.807) is 0 Å². The van der Waals surface area contributed by atoms with Crippen LogP contribution in [0, 0.1) is 0 Å². The van der Waals surface area contributed by atoms with Gasteiger partial charge >= 0.3 is 0 Å². The Hall–Kier alpha value is -9.44. The average molecular weight is 905 g/mol. The summed E-state index contributed by atoms with van der Waals surface area (Å²) < 4.78 is 8.84. The highest BCUT2D eigenvalue weighted by atomic mass is 16.3. The molecule has 12 aromatic carbocycles. The Balaban J connectivity index is 0.881. The first-order valence-electron chi connectivity index (χ1n) is 24.3. The summed E-state index contributed by atoms with van der Waals surface area (Å²) in [7, 11) is 0. The molecule has 0 saturated carbocycles. The van der Waals surface area contributed by atoms with E-state index in [1.165, 1.54) is 54.5 Å². The van der Waals surface area contributed by atoms with Crippen LogP contribution in [-0.2, 0) is 0 Å². The SMILES string of the molecule is c1cc(-c2ccc(N(c3ccccc3-c3ccc4c(ccc5ccccc54)c3)c3ccccc3-c3ccc4c(c3)oc3ccccc34)cc2)cc(-c2cccc(-n3c4ccccc4c4ccccc43)c2)c1. The van der Waals surface area contributed by atoms with Crippen LogP contribution in [0.3, 0.4) is 0 Å². The van der Waals surface area contributed by atoms with E-state index in [2.05, 4.69) is 264 Å². The van der Waals surface area contributed by atoms with Crippen molar-refractivity contribution in [3.63, 3.8) is 0 Å². The first-order valence-corrected chi connectivity index (χ1v) is 24.3. The van der Waals surface area contributed by atoms with Crippen molar-refractivity contribution in [2.75, 3.05) is 4.90 Å². The Morgan fingerprint density at radius 1 is 0.282 bits per heavy atom. The summed E-state index contributed by atoms with van der Waals surface area (Å²) in [4.78, 5) is 2.43. The monoisotopic (exact) mass is 904 g/mol. The second-order valence-corrected chi connectivity index (χ2v) is 18.4. The molecule has 332 valence electrons. The molecule has 0 radical (unpaired) electrons. The van der Waals surface area contributed by atoms with Crippen LogP contribution >= 0.6 is 0 Å². The molecule has 0 bridgehead atoms. The van der Waals surface area contributed by atoms with Crippen LogP contribution in [0.4, 0.5) is 17.1 Å². The molecule has 3 heteroatoms. The molecule has 0 saturated heterocycles. The molecule has 2 heterocycles. The molecule has 0 amide bonds. The zero-order valence-electron chi connectivity index (χ0n) is 38.7. The highest BCUT2D eigenvalue weighted by Crippen LogP contribution is 2.46. The van der Waals surface area contributed by atoms with Crippen molar-refractivity contribution in [2.45, 2.75) is 0 Å². The van der Waals surface area contributed by atoms with Gasteiger partial charge in [-0.15, -0.1) is 0 Å². The van der Waals surface area contributed by atoms with Crippen molar-refractivity contribution in [3.8, 4) is 50.2 Å². The molecule has 3 nitrogen and oxygen atoms in total. The van der Waals surface area contributed by atoms with Crippen molar-refractivity contribution in [2.24, 2.45) is 0 Å². The third kappa shape index (κ3) is 6.89. The molecule has 0 spiro atoms. The number of para-hydroxylation sites is 5. The number of hydrogen-bond acceptors (Lipinski definition) is 2. The van der Waals surface area contributed by atoms with Gasteiger partial charge < -0.3 is 13.9 Å². The molecule has 0 atom stereocenters. The molecular weight excluding hydrogens is 861 g/mol. The van der Waals surface area contributed by atoms with Crippen LogP contribution in [0.2, 0.25) is 0 Å². The predicted octanol–water partition coefficient (Wildman–Crippen LogP) is 19.1. The van der Waals surface area contributed by atoms with Crippen LogP contribution in [-0.4, -0.2) is 4.57 Å². The highest BCUT2D eigenvalue weighted by Gasteiger charge is 2.22. The number of furan rings is 1. The fourth-order valence-electron chi connectivity index (χ4n) is 11.0. The molecule has 2 aromatic heterocycles. The van der Waals surface area contributed by atoms with Gasteiger partial charge in [0.25, 0.3) is 0 Å². The van der Waals surface area contributed by atoms with E-state index in [0.717, 1.165) is 78.1 Å². The molecule has 0 unspecified atom stereocenters. The van der Waals surface area contributed by atoms with Crippen LogP contribution < -0.4 is 4.90 Å². The summed E-state index contributed by atoms with van der Waals surface area (Å²) in [5.41, 5.74) is 17.7. The standard InChI is InChI=1S/C68H44N2O/c1-2-20-55-46(15-1)31-32-50-42-51(35-39-56(50)55)57-21-3-8-26-63(57)69(64-27-9-4-22-58(64)52-36-40-62-61-25-7-12-30-67(61)71-68(62)44-52)53-37-33-45(34-38-53)47-16-13-17-48(41-47)49-18-14-19-54(43-49)70-65-28-10-5-23-59(65)60-24-6-11-29-66(60)70/h1-44H. The number of fused-ring (bicyclic) bond motifs is 9. The van der Waals surface area contributed by atoms with E-state index in [0.29, 0.717) is 0 Å². The highest BCUT2D eigenvalue weighted by molar-refractivity contribution is 6.11. The number of aromatic nitrogens is 1. The summed E-state index contributed by atoms with van der Waals surface area (Å²) in [6, 6.07) is 96.8. The van der Waals surface area contributed by atoms with E-state index in [1.807, 2.05) is 12.1 Å². The summed E-state index contributed by atoms with van der Waals surface area (Å²) in [6.07, 6.45) is 0. The van der Waals surface area contributed by atoms with E-state index < -0.39 is 0 Å². The first kappa shape index (κ1) is 40.6. The molecule has 0 N–H and O–H groups in total. The van der Waals surface area contributed by atoms with Crippen LogP contribution in [0.25, 0.3) is 115 Å². The fourth-order valence-corrected chi connectivity index (χ4v) is 11.0. The minimum atomic E-state index is 0.874. The lowest BCUT2D eigenvalue weighted by atomic mass is 9.95. The van der Waals surface area contributed by atoms with Crippen molar-refractivity contribution in [3.05, 3.63) is 267 Å². The second-order valence-electron chi connectivity index (χ2n) is 18.4. The third-order valence-electron chi connectivity index (χ3n) is 14.4. The summed E-state index contributed by atoms with van der Waals surface area (Å²) >= 11 is 0. The van der Waals surface area contributed by atoms with Gasteiger partial charge in [0.05, 0.1) is 22.4 Å². The number of rotatable bonds is 8. The molecular formula is C68H44N2O. The van der Waals surface area contributed by atoms with Gasteiger partial charge in [0.15, 0.2) is 0 Å². The van der Waals surface area contributed by atoms with E-state index in [-0.39, 0.29) is 0 Å². The molecule has 14 rings (SSSR count). The third-order valence-corrected chi connectivity index (χ3v) is 14.4. The van der Waals surface area contributed by atoms with Gasteiger partial charge in [-0.05, 0) is 134 Å². The number of anilines is 3. The topological polar surface area (TPSA) is 21.3 Å². The predicted molar refractivity (Wildman–Crippen MR) is 299 cm³/mol. The zero-order chi connectivity index (χ0) is 46.8. The van der Waals surface area contributed by atoms with Gasteiger partial charge in [0.1, 0.15) is 11.2 Å². The lowest BCUT2D eigenvalue weighted by molar-refractivity contribution is 0.669. The lowest BCUT2D eigenvalue weighted by Crippen LogP contribution is -2.12. The quantitative estimate of drug-likeness (QED) is 0.142. The normalized spacial score (nSPS) is 11.7. The minimum Gasteiger partial charge on any atom is -0.456 e. The maximum atomic E-state index is 6.45. The largest absolute Gasteiger partial charge is 0.456 e. The van der Waals surface area contributed by atoms with Gasteiger partial charge in [-0.2, -0.15) is 0 Å². The first-order chi connectivity index (χ1) is 35.2. The van der Waals surface area contributed by atoms with Crippen molar-refractivity contribution < 1.29 is 4.42 Å². The molecule has 14 aromatic rings. The van der Waals surface area contributed by atoms with Crippen molar-refractivity contribution in [1.82, 2.24) is 4.57 Å². The smallest absolute Gasteiger partial charge is 0.136 e. The maximum absolute atomic E-state index is 6.45. The lowest BCUT2D eigenvalue weighted by Gasteiger charge is -2.30. The number of nitrogens with zero attached hydrogens (tertiary/aromatic N) is 2. The van der Waals surface area contributed by atoms with E-state index in [9.17, 15) is 0 Å². The summed E-state index contributed by atoms with van der Waals surface area (Å²) in [6.45, 7) is 0. The van der Waals surface area contributed by atoms with E-state index in [4.69, 9.17) is 4.42 Å². The summed E-state index contributed by atoms with van der Waals surface area (Å²) in [5, 5.41) is 9.74. The van der Waals surface area contributed by atoms with Crippen molar-refractivity contribution in [1.29, 1.82) is 0 Å². The Kier molecular flexibility index (Phi) is 9.53. The van der Waals surface area contributed by atoms with E-state index >= 15 is 0 Å². The Labute approximate surface area is 411 Å². The molecule has 0 aliphatic heterocycles. The Morgan fingerprint density at radius 3 is 1.52 bits per heavy atom. The molecule has 0 aliphatic carbocycles. The molecule has 71 heavy (non-hydrogen) atoms. The van der Waals surface area contributed by atoms with Crippen LogP contribution in [0.5, 0.6) is 0 Å². The van der Waals surface area contributed by atoms with Gasteiger partial charge in [0, 0.05) is 44.0 Å². The summed E-state index contributed by atoms with van der Waals surface area (Å²) in [5.74, 6) is 0. The van der Waals surface area contributed by atoms with Crippen molar-refractivity contribution >= 4 is 82.4 Å². The van der Waals surface area contributed by atoms with Gasteiger partial charge in [-0.25, -0.2) is 0 Å². The van der Waals surface area contributed by atoms with Crippen LogP contribution in [0.15, 0.2) is 271 Å². The molecule has 0 fully saturated rings. The Morgan fingerprint density at radius 2 is 0.789 bits per heavy atom. The van der Waals surface area contributed by atoms with Gasteiger partial charge in [-0.1, -0.05) is 188 Å². The average Bonchev–Trinajstić information content (AvgIpc) is 3.99. The molecule has 0 aliphatic rings. The fraction of sp³-hybridized carbons (Fsp3) is 0. The van der Waals surface area contributed by atoms with Gasteiger partial charge in [0.2, 0.25) is 0 Å². The maximum Gasteiger partial charge on any atom is 0.136 e. The number of benzene rings is 12. The van der Waals surface area contributed by atoms with Crippen LogP contribution in [0.1, 0.15) is 0 Å². The minimum absolute atomic E-state index is 0.874. The zero-order valence-corrected chi connectivity index (χ0v) is 38.7. The van der Waals surface area contributed by atoms with Gasteiger partial charge in [-0.3, -0.25) is 0 Å². The second kappa shape index (κ2) is 16.7. The number of hydrogen-bond donors (Lipinski definition) is 0.